The summed E-state index contributed by atoms with van der Waals surface area (Å²) in [5.74, 6) is 1.42. The Kier molecular flexibility index (Phi) is 6.78. The normalized spacial score (nSPS) is 14.8. The van der Waals surface area contributed by atoms with Crippen LogP contribution in [-0.4, -0.2) is 51.7 Å². The number of hydrogen-bond donors (Lipinski definition) is 3. The highest BCUT2D eigenvalue weighted by Crippen LogP contribution is 2.29. The molecule has 0 heterocycles. The van der Waals surface area contributed by atoms with Crippen molar-refractivity contribution in [3.8, 4) is 0 Å². The number of hydrogen-bond acceptors (Lipinski definition) is 6. The zero-order valence-corrected chi connectivity index (χ0v) is 15.8. The second-order valence-corrected chi connectivity index (χ2v) is 8.24. The molecular weight excluding hydrogens is 358 g/mol. The molecule has 0 saturated heterocycles. The fraction of sp³-hybridized carbons (Fsp3) is 0.562. The van der Waals surface area contributed by atoms with Crippen molar-refractivity contribution in [2.75, 3.05) is 37.8 Å². The molecule has 0 unspecified atom stereocenters. The molecule has 0 bridgehead atoms. The molecule has 0 aromatic heterocycles. The lowest BCUT2D eigenvalue weighted by atomic mass is 10.2. The van der Waals surface area contributed by atoms with Gasteiger partial charge in [-0.2, -0.15) is 0 Å². The lowest BCUT2D eigenvalue weighted by molar-refractivity contribution is -0.384. The Labute approximate surface area is 153 Å². The molecule has 144 valence electrons. The largest absolute Gasteiger partial charge is 0.378 e. The Bertz CT molecular complexity index is 775. The number of nitro groups is 1. The van der Waals surface area contributed by atoms with Crippen molar-refractivity contribution in [3.05, 3.63) is 28.3 Å². The Morgan fingerprint density at radius 3 is 2.62 bits per heavy atom. The summed E-state index contributed by atoms with van der Waals surface area (Å²) in [6.07, 6.45) is 3.49. The minimum absolute atomic E-state index is 0.0745. The predicted octanol–water partition coefficient (Wildman–Crippen LogP) is 1.38. The molecule has 1 aliphatic carbocycles. The Balaban J connectivity index is 1.93. The minimum Gasteiger partial charge on any atom is -0.378 e. The molecule has 9 nitrogen and oxygen atoms in total. The molecule has 1 saturated carbocycles. The molecule has 1 aromatic rings. The second-order valence-electron chi connectivity index (χ2n) is 6.22. The summed E-state index contributed by atoms with van der Waals surface area (Å²) in [6.45, 7) is 4.48. The molecule has 3 N–H and O–H groups in total. The summed E-state index contributed by atoms with van der Waals surface area (Å²) >= 11 is 0. The van der Waals surface area contributed by atoms with Crippen LogP contribution in [0.3, 0.4) is 0 Å². The summed E-state index contributed by atoms with van der Waals surface area (Å²) in [4.78, 5) is 15.0. The summed E-state index contributed by atoms with van der Waals surface area (Å²) in [6, 6.07) is 3.85. The quantitative estimate of drug-likeness (QED) is 0.193. The summed E-state index contributed by atoms with van der Waals surface area (Å²) in [5, 5.41) is 20.5. The third-order valence-corrected chi connectivity index (χ3v) is 4.99. The van der Waals surface area contributed by atoms with Crippen molar-refractivity contribution in [1.29, 1.82) is 0 Å². The number of nitrogens with one attached hydrogen (secondary N) is 3. The lowest BCUT2D eigenvalue weighted by Gasteiger charge is -2.12. The van der Waals surface area contributed by atoms with Crippen molar-refractivity contribution >= 4 is 27.2 Å². The Morgan fingerprint density at radius 2 is 2.04 bits per heavy atom. The first-order chi connectivity index (χ1) is 12.3. The number of rotatable bonds is 9. The Hall–Kier alpha value is -2.36. The summed E-state index contributed by atoms with van der Waals surface area (Å²) < 4.78 is 23.1. The van der Waals surface area contributed by atoms with Crippen molar-refractivity contribution in [2.24, 2.45) is 10.9 Å². The van der Waals surface area contributed by atoms with Gasteiger partial charge in [-0.15, -0.1) is 0 Å². The fourth-order valence-electron chi connectivity index (χ4n) is 2.28. The summed E-state index contributed by atoms with van der Waals surface area (Å²) in [7, 11) is -3.50. The van der Waals surface area contributed by atoms with E-state index in [0.717, 1.165) is 31.4 Å². The van der Waals surface area contributed by atoms with Gasteiger partial charge in [-0.25, -0.2) is 8.42 Å². The molecule has 1 fully saturated rings. The van der Waals surface area contributed by atoms with Gasteiger partial charge in [-0.3, -0.25) is 15.1 Å². The van der Waals surface area contributed by atoms with Crippen molar-refractivity contribution < 1.29 is 13.3 Å². The number of aliphatic imine (C=N–C) groups is 1. The minimum atomic E-state index is -3.50. The van der Waals surface area contributed by atoms with Crippen molar-refractivity contribution in [1.82, 2.24) is 10.6 Å². The first kappa shape index (κ1) is 20.0. The van der Waals surface area contributed by atoms with E-state index in [1.165, 1.54) is 25.0 Å². The average molecular weight is 383 g/mol. The molecule has 0 radical (unpaired) electrons. The van der Waals surface area contributed by atoms with Gasteiger partial charge in [-0.05, 0) is 37.8 Å². The third kappa shape index (κ3) is 6.17. The first-order valence-electron chi connectivity index (χ1n) is 8.55. The van der Waals surface area contributed by atoms with E-state index in [2.05, 4.69) is 20.9 Å². The van der Waals surface area contributed by atoms with E-state index < -0.39 is 14.8 Å². The maximum absolute atomic E-state index is 11.6. The molecular formula is C16H25N5O4S. The SMILES string of the molecule is CCNC(=NCC1CC1)NCCNc1ccc(S(C)(=O)=O)cc1[N+](=O)[O-]. The molecule has 0 amide bonds. The van der Waals surface area contributed by atoms with E-state index in [9.17, 15) is 18.5 Å². The summed E-state index contributed by atoms with van der Waals surface area (Å²) in [5.41, 5.74) is 0.0198. The van der Waals surface area contributed by atoms with Crippen molar-refractivity contribution in [3.63, 3.8) is 0 Å². The van der Waals surface area contributed by atoms with Crippen molar-refractivity contribution in [2.45, 2.75) is 24.7 Å². The lowest BCUT2D eigenvalue weighted by Crippen LogP contribution is -2.39. The monoisotopic (exact) mass is 383 g/mol. The molecule has 1 aromatic carbocycles. The van der Waals surface area contributed by atoms with E-state index in [1.807, 2.05) is 6.92 Å². The van der Waals surface area contributed by atoms with Crippen LogP contribution >= 0.6 is 0 Å². The van der Waals surface area contributed by atoms with Crippen LogP contribution in [0.2, 0.25) is 0 Å². The smallest absolute Gasteiger partial charge is 0.293 e. The van der Waals surface area contributed by atoms with Gasteiger partial charge in [0.1, 0.15) is 5.69 Å². The van der Waals surface area contributed by atoms with Gasteiger partial charge in [0.05, 0.1) is 9.82 Å². The van der Waals surface area contributed by atoms with E-state index in [-0.39, 0.29) is 16.3 Å². The van der Waals surface area contributed by atoms with E-state index in [0.29, 0.717) is 19.0 Å². The molecule has 26 heavy (non-hydrogen) atoms. The number of anilines is 1. The van der Waals surface area contributed by atoms with E-state index in [4.69, 9.17) is 0 Å². The maximum atomic E-state index is 11.6. The van der Waals surface area contributed by atoms with Crippen LogP contribution < -0.4 is 16.0 Å². The van der Waals surface area contributed by atoms with Gasteiger partial charge in [-0.1, -0.05) is 0 Å². The molecule has 1 aliphatic rings. The standard InChI is InChI=1S/C16H25N5O4S/c1-3-17-16(20-11-12-4-5-12)19-9-8-18-14-7-6-13(26(2,24)25)10-15(14)21(22)23/h6-7,10,12,18H,3-5,8-9,11H2,1-2H3,(H2,17,19,20). The zero-order valence-electron chi connectivity index (χ0n) is 15.0. The highest BCUT2D eigenvalue weighted by molar-refractivity contribution is 7.90. The van der Waals surface area contributed by atoms with Gasteiger partial charge in [0.25, 0.3) is 5.69 Å². The van der Waals surface area contributed by atoms with Crippen LogP contribution in [0, 0.1) is 16.0 Å². The van der Waals surface area contributed by atoms with Crippen LogP contribution in [0.15, 0.2) is 28.1 Å². The van der Waals surface area contributed by atoms with E-state index in [1.54, 1.807) is 0 Å². The zero-order chi connectivity index (χ0) is 19.2. The van der Waals surface area contributed by atoms with Crippen LogP contribution in [-0.2, 0) is 9.84 Å². The predicted molar refractivity (Wildman–Crippen MR) is 101 cm³/mol. The molecule has 2 rings (SSSR count). The topological polar surface area (TPSA) is 126 Å². The Morgan fingerprint density at radius 1 is 1.31 bits per heavy atom. The first-order valence-corrected chi connectivity index (χ1v) is 10.4. The van der Waals surface area contributed by atoms with Crippen LogP contribution in [0.4, 0.5) is 11.4 Å². The van der Waals surface area contributed by atoms with Gasteiger partial charge in [0.15, 0.2) is 15.8 Å². The van der Waals surface area contributed by atoms with Gasteiger partial charge in [0, 0.05) is 38.5 Å². The molecule has 10 heteroatoms. The van der Waals surface area contributed by atoms with Crippen LogP contribution in [0.25, 0.3) is 0 Å². The number of sulfone groups is 1. The molecule has 0 atom stereocenters. The third-order valence-electron chi connectivity index (χ3n) is 3.88. The molecule has 0 spiro atoms. The number of nitrogens with zero attached hydrogens (tertiary/aromatic N) is 2. The van der Waals surface area contributed by atoms with Gasteiger partial charge >= 0.3 is 0 Å². The highest BCUT2D eigenvalue weighted by atomic mass is 32.2. The number of nitro benzene ring substituents is 1. The number of benzene rings is 1. The average Bonchev–Trinajstić information content (AvgIpc) is 3.39. The molecule has 0 aliphatic heterocycles. The van der Waals surface area contributed by atoms with Gasteiger partial charge in [0.2, 0.25) is 0 Å². The number of guanidine groups is 1. The fourth-order valence-corrected chi connectivity index (χ4v) is 2.92. The van der Waals surface area contributed by atoms with Gasteiger partial charge < -0.3 is 16.0 Å². The van der Waals surface area contributed by atoms with E-state index >= 15 is 0 Å². The highest BCUT2D eigenvalue weighted by Gasteiger charge is 2.21. The maximum Gasteiger partial charge on any atom is 0.293 e. The van der Waals surface area contributed by atoms with Crippen LogP contribution in [0.1, 0.15) is 19.8 Å². The second kappa shape index (κ2) is 8.84. The van der Waals surface area contributed by atoms with Crippen LogP contribution in [0.5, 0.6) is 0 Å².